The molecule has 0 atom stereocenters. The number of pyridine rings is 1. The largest absolute Gasteiger partial charge is 0.368 e. The summed E-state index contributed by atoms with van der Waals surface area (Å²) in [6.07, 6.45) is 3.48. The molecule has 5 rings (SSSR count). The minimum absolute atomic E-state index is 0.207. The molecule has 0 bridgehead atoms. The summed E-state index contributed by atoms with van der Waals surface area (Å²) in [5.74, 6) is 1.00. The third-order valence-corrected chi connectivity index (χ3v) is 6.93. The lowest BCUT2D eigenvalue weighted by molar-refractivity contribution is 0.322. The third-order valence-electron chi connectivity index (χ3n) is 5.55. The monoisotopic (exact) mass is 428 g/mol. The number of nitrogens with zero attached hydrogens (tertiary/aromatic N) is 5. The van der Waals surface area contributed by atoms with Gasteiger partial charge in [-0.15, -0.1) is 0 Å². The second kappa shape index (κ2) is 6.89. The Bertz CT molecular complexity index is 1200. The summed E-state index contributed by atoms with van der Waals surface area (Å²) >= 11 is 0. The summed E-state index contributed by atoms with van der Waals surface area (Å²) in [4.78, 5) is 15.7. The van der Waals surface area contributed by atoms with Crippen molar-refractivity contribution in [1.29, 1.82) is 0 Å². The molecule has 3 N–H and O–H groups in total. The molecule has 3 aromatic rings. The molecule has 1 fully saturated rings. The number of sulfonamides is 1. The van der Waals surface area contributed by atoms with Crippen LogP contribution in [-0.2, 0) is 15.6 Å². The Hall–Kier alpha value is -2.76. The summed E-state index contributed by atoms with van der Waals surface area (Å²) < 4.78 is 29.3. The second-order valence-corrected chi connectivity index (χ2v) is 9.91. The number of rotatable bonds is 3. The first-order valence-corrected chi connectivity index (χ1v) is 11.4. The fourth-order valence-electron chi connectivity index (χ4n) is 3.92. The van der Waals surface area contributed by atoms with Crippen LogP contribution in [-0.4, -0.2) is 60.7 Å². The van der Waals surface area contributed by atoms with Gasteiger partial charge in [0.15, 0.2) is 5.03 Å². The third kappa shape index (κ3) is 3.28. The number of anilines is 3. The molecular weight excluding hydrogens is 404 g/mol. The van der Waals surface area contributed by atoms with E-state index in [4.69, 9.17) is 0 Å². The summed E-state index contributed by atoms with van der Waals surface area (Å²) in [7, 11) is -3.56. The van der Waals surface area contributed by atoms with E-state index < -0.39 is 15.6 Å². The van der Waals surface area contributed by atoms with Crippen molar-refractivity contribution in [2.45, 2.75) is 24.4 Å². The quantitative estimate of drug-likeness (QED) is 0.566. The molecule has 2 aliphatic heterocycles. The van der Waals surface area contributed by atoms with Crippen LogP contribution in [0, 0.1) is 0 Å². The number of nitrogens with one attached hydrogen (secondary N) is 3. The van der Waals surface area contributed by atoms with Crippen molar-refractivity contribution in [3.63, 3.8) is 0 Å². The predicted octanol–water partition coefficient (Wildman–Crippen LogP) is 1.01. The van der Waals surface area contributed by atoms with Gasteiger partial charge in [-0.3, -0.25) is 0 Å². The van der Waals surface area contributed by atoms with E-state index in [0.29, 0.717) is 29.3 Å². The van der Waals surface area contributed by atoms with Gasteiger partial charge >= 0.3 is 0 Å². The first-order valence-electron chi connectivity index (χ1n) is 9.91. The number of fused-ring (bicyclic) bond motifs is 3. The molecule has 2 aliphatic rings. The molecule has 0 spiro atoms. The van der Waals surface area contributed by atoms with E-state index in [-0.39, 0.29) is 5.03 Å². The Balaban J connectivity index is 1.46. The maximum Gasteiger partial charge on any atom is 0.256 e. The SMILES string of the molecule is CC1(C)CNS(=O)(=O)c2cc3cnc(Nc4ccc(N5CCNCC5)cn4)nc3n21. The van der Waals surface area contributed by atoms with Crippen LogP contribution in [0.15, 0.2) is 35.6 Å². The Morgan fingerprint density at radius 2 is 1.93 bits per heavy atom. The smallest absolute Gasteiger partial charge is 0.256 e. The minimum Gasteiger partial charge on any atom is -0.368 e. The predicted molar refractivity (Wildman–Crippen MR) is 115 cm³/mol. The average Bonchev–Trinajstić information content (AvgIpc) is 3.14. The molecule has 10 nitrogen and oxygen atoms in total. The van der Waals surface area contributed by atoms with Gasteiger partial charge in [0.1, 0.15) is 11.5 Å². The van der Waals surface area contributed by atoms with Crippen molar-refractivity contribution < 1.29 is 8.42 Å². The fraction of sp³-hybridized carbons (Fsp3) is 0.421. The zero-order valence-electron chi connectivity index (χ0n) is 16.9. The number of hydrogen-bond acceptors (Lipinski definition) is 8. The van der Waals surface area contributed by atoms with E-state index in [9.17, 15) is 8.42 Å². The fourth-order valence-corrected chi connectivity index (χ4v) is 5.46. The summed E-state index contributed by atoms with van der Waals surface area (Å²) in [5, 5.41) is 7.35. The van der Waals surface area contributed by atoms with Gasteiger partial charge in [-0.05, 0) is 32.0 Å². The molecule has 0 aliphatic carbocycles. The first kappa shape index (κ1) is 19.2. The van der Waals surface area contributed by atoms with Crippen molar-refractivity contribution >= 4 is 38.5 Å². The second-order valence-electron chi connectivity index (χ2n) is 8.19. The average molecular weight is 429 g/mol. The molecule has 11 heteroatoms. The van der Waals surface area contributed by atoms with Crippen molar-refractivity contribution in [3.8, 4) is 0 Å². The van der Waals surface area contributed by atoms with Crippen LogP contribution in [0.25, 0.3) is 11.0 Å². The highest BCUT2D eigenvalue weighted by Gasteiger charge is 2.37. The zero-order chi connectivity index (χ0) is 20.9. The van der Waals surface area contributed by atoms with Gasteiger partial charge in [-0.25, -0.2) is 23.1 Å². The molecule has 30 heavy (non-hydrogen) atoms. The van der Waals surface area contributed by atoms with E-state index in [2.05, 4.69) is 35.2 Å². The molecule has 0 amide bonds. The van der Waals surface area contributed by atoms with E-state index in [1.54, 1.807) is 16.8 Å². The van der Waals surface area contributed by atoms with Gasteiger partial charge in [0, 0.05) is 44.3 Å². The Morgan fingerprint density at radius 3 is 2.67 bits per heavy atom. The Morgan fingerprint density at radius 1 is 1.13 bits per heavy atom. The Labute approximate surface area is 174 Å². The molecule has 0 unspecified atom stereocenters. The van der Waals surface area contributed by atoms with Crippen LogP contribution < -0.4 is 20.3 Å². The van der Waals surface area contributed by atoms with Gasteiger partial charge in [-0.1, -0.05) is 0 Å². The molecule has 3 aromatic heterocycles. The summed E-state index contributed by atoms with van der Waals surface area (Å²) in [6.45, 7) is 8.11. The molecule has 0 radical (unpaired) electrons. The van der Waals surface area contributed by atoms with Gasteiger partial charge in [0.25, 0.3) is 10.0 Å². The highest BCUT2D eigenvalue weighted by Crippen LogP contribution is 2.32. The van der Waals surface area contributed by atoms with E-state index in [1.807, 2.05) is 32.2 Å². The van der Waals surface area contributed by atoms with Crippen molar-refractivity contribution in [1.82, 2.24) is 29.6 Å². The van der Waals surface area contributed by atoms with Crippen LogP contribution in [0.5, 0.6) is 0 Å². The molecule has 0 saturated carbocycles. The highest BCUT2D eigenvalue weighted by molar-refractivity contribution is 7.89. The number of piperazine rings is 1. The van der Waals surface area contributed by atoms with E-state index in [1.165, 1.54) is 0 Å². The lowest BCUT2D eigenvalue weighted by Crippen LogP contribution is -2.47. The maximum absolute atomic E-state index is 12.5. The van der Waals surface area contributed by atoms with Crippen molar-refractivity contribution in [3.05, 3.63) is 30.6 Å². The summed E-state index contributed by atoms with van der Waals surface area (Å²) in [5.41, 5.74) is 1.21. The highest BCUT2D eigenvalue weighted by atomic mass is 32.2. The number of aromatic nitrogens is 4. The molecule has 1 saturated heterocycles. The first-order chi connectivity index (χ1) is 14.3. The van der Waals surface area contributed by atoms with Crippen LogP contribution >= 0.6 is 0 Å². The number of hydrogen-bond donors (Lipinski definition) is 3. The van der Waals surface area contributed by atoms with Crippen LogP contribution in [0.2, 0.25) is 0 Å². The Kier molecular flexibility index (Phi) is 4.42. The lowest BCUT2D eigenvalue weighted by atomic mass is 10.1. The zero-order valence-corrected chi connectivity index (χ0v) is 17.7. The van der Waals surface area contributed by atoms with Crippen LogP contribution in [0.4, 0.5) is 17.5 Å². The van der Waals surface area contributed by atoms with Gasteiger partial charge in [0.05, 0.1) is 17.4 Å². The van der Waals surface area contributed by atoms with E-state index >= 15 is 0 Å². The maximum atomic E-state index is 12.5. The standard InChI is InChI=1S/C19H24N8O2S/c1-19(2)12-23-30(28,29)16-9-13-10-22-18(25-17(13)27(16)19)24-15-4-3-14(11-21-15)26-7-5-20-6-8-26/h3-4,9-11,20,23H,5-8,12H2,1-2H3,(H,21,22,24,25). The lowest BCUT2D eigenvalue weighted by Gasteiger charge is -2.33. The summed E-state index contributed by atoms with van der Waals surface area (Å²) in [6, 6.07) is 5.54. The normalized spacial score (nSPS) is 20.1. The van der Waals surface area contributed by atoms with Gasteiger partial charge in [0.2, 0.25) is 5.95 Å². The molecular formula is C19H24N8O2S. The van der Waals surface area contributed by atoms with Crippen molar-refractivity contribution in [2.75, 3.05) is 42.9 Å². The van der Waals surface area contributed by atoms with Gasteiger partial charge in [-0.2, -0.15) is 4.98 Å². The van der Waals surface area contributed by atoms with Gasteiger partial charge < -0.3 is 20.1 Å². The minimum atomic E-state index is -3.56. The van der Waals surface area contributed by atoms with E-state index in [0.717, 1.165) is 31.9 Å². The van der Waals surface area contributed by atoms with Crippen LogP contribution in [0.1, 0.15) is 13.8 Å². The molecule has 5 heterocycles. The van der Waals surface area contributed by atoms with Crippen LogP contribution in [0.3, 0.4) is 0 Å². The molecule has 158 valence electrons. The molecule has 0 aromatic carbocycles. The topological polar surface area (TPSA) is 117 Å². The van der Waals surface area contributed by atoms with Crippen molar-refractivity contribution in [2.24, 2.45) is 0 Å².